The summed E-state index contributed by atoms with van der Waals surface area (Å²) in [5.41, 5.74) is 0.145. The van der Waals surface area contributed by atoms with Gasteiger partial charge in [0, 0.05) is 5.02 Å². The molecule has 4 rings (SSSR count). The number of anilines is 1. The molecule has 0 aromatic heterocycles. The van der Waals surface area contributed by atoms with Crippen LogP contribution in [0.4, 0.5) is 5.69 Å². The van der Waals surface area contributed by atoms with Gasteiger partial charge in [0.1, 0.15) is 19.3 Å². The monoisotopic (exact) mass is 506 g/mol. The van der Waals surface area contributed by atoms with E-state index in [1.807, 2.05) is 12.1 Å². The Bertz CT molecular complexity index is 1250. The zero-order chi connectivity index (χ0) is 23.4. The number of halogens is 2. The molecule has 1 amide bonds. The molecule has 0 bridgehead atoms. The van der Waals surface area contributed by atoms with E-state index in [4.69, 9.17) is 32.7 Å². The van der Waals surface area contributed by atoms with E-state index in [-0.39, 0.29) is 28.8 Å². The van der Waals surface area contributed by atoms with Crippen LogP contribution in [-0.2, 0) is 14.8 Å². The van der Waals surface area contributed by atoms with Gasteiger partial charge in [-0.05, 0) is 42.5 Å². The zero-order valence-electron chi connectivity index (χ0n) is 17.3. The summed E-state index contributed by atoms with van der Waals surface area (Å²) in [5.74, 6) is 0.699. The first-order valence-electron chi connectivity index (χ1n) is 10.0. The van der Waals surface area contributed by atoms with E-state index in [0.717, 1.165) is 4.31 Å². The van der Waals surface area contributed by atoms with Gasteiger partial charge in [-0.2, -0.15) is 0 Å². The third kappa shape index (κ3) is 5.35. The molecule has 1 aliphatic heterocycles. The smallest absolute Gasteiger partial charge is 0.264 e. The van der Waals surface area contributed by atoms with Crippen LogP contribution in [0.5, 0.6) is 11.5 Å². The number of hydrogen-bond acceptors (Lipinski definition) is 5. The lowest BCUT2D eigenvalue weighted by molar-refractivity contribution is -0.120. The first kappa shape index (κ1) is 23.2. The normalized spacial score (nSPS) is 15.0. The molecule has 1 aliphatic rings. The quantitative estimate of drug-likeness (QED) is 0.520. The van der Waals surface area contributed by atoms with Crippen LogP contribution in [0, 0.1) is 0 Å². The van der Waals surface area contributed by atoms with E-state index in [1.54, 1.807) is 30.3 Å². The van der Waals surface area contributed by atoms with Crippen molar-refractivity contribution in [3.8, 4) is 11.5 Å². The molecule has 0 spiro atoms. The molecule has 1 heterocycles. The van der Waals surface area contributed by atoms with Crippen molar-refractivity contribution >= 4 is 44.8 Å². The van der Waals surface area contributed by atoms with Crippen LogP contribution in [0.2, 0.25) is 10.0 Å². The van der Waals surface area contributed by atoms with Crippen molar-refractivity contribution in [3.05, 3.63) is 82.8 Å². The Balaban J connectivity index is 1.51. The number of para-hydroxylation sites is 2. The molecule has 1 atom stereocenters. The fraction of sp³-hybridized carbons (Fsp3) is 0.174. The van der Waals surface area contributed by atoms with Crippen molar-refractivity contribution < 1.29 is 22.7 Å². The average Bonchev–Trinajstić information content (AvgIpc) is 2.82. The second kappa shape index (κ2) is 9.91. The van der Waals surface area contributed by atoms with E-state index in [1.165, 1.54) is 30.3 Å². The maximum atomic E-state index is 13.4. The Hall–Kier alpha value is -2.94. The number of ether oxygens (including phenoxy) is 2. The number of nitrogens with one attached hydrogen (secondary N) is 1. The van der Waals surface area contributed by atoms with Crippen molar-refractivity contribution in [2.75, 3.05) is 24.0 Å². The molecular formula is C23H20Cl2N2O5S. The summed E-state index contributed by atoms with van der Waals surface area (Å²) in [5, 5.41) is 3.17. The minimum atomic E-state index is -4.08. The predicted molar refractivity (Wildman–Crippen MR) is 127 cm³/mol. The SMILES string of the molecule is O=C(CN(c1ccc(Cl)cc1Cl)S(=O)(=O)c1ccccc1)NC[C@@H]1COc2ccccc2O1. The summed E-state index contributed by atoms with van der Waals surface area (Å²) < 4.78 is 39.2. The third-order valence-electron chi connectivity index (χ3n) is 4.89. The van der Waals surface area contributed by atoms with E-state index in [0.29, 0.717) is 16.5 Å². The molecular weight excluding hydrogens is 487 g/mol. The lowest BCUT2D eigenvalue weighted by Crippen LogP contribution is -2.45. The van der Waals surface area contributed by atoms with Gasteiger partial charge in [-0.25, -0.2) is 8.42 Å². The van der Waals surface area contributed by atoms with Crippen LogP contribution in [0.25, 0.3) is 0 Å². The molecule has 0 aliphatic carbocycles. The molecule has 0 saturated carbocycles. The average molecular weight is 507 g/mol. The number of hydrogen-bond donors (Lipinski definition) is 1. The van der Waals surface area contributed by atoms with Gasteiger partial charge in [0.15, 0.2) is 11.5 Å². The standard InChI is InChI=1S/C23H20Cl2N2O5S/c24-16-10-11-20(19(25)12-16)27(33(29,30)18-6-2-1-3-7-18)14-23(28)26-13-17-15-31-21-8-4-5-9-22(21)32-17/h1-12,17H,13-15H2,(H,26,28)/t17-/m1/s1. The van der Waals surface area contributed by atoms with Crippen molar-refractivity contribution in [2.24, 2.45) is 0 Å². The minimum absolute atomic E-state index is 0.0319. The molecule has 0 saturated heterocycles. The highest BCUT2D eigenvalue weighted by molar-refractivity contribution is 7.92. The number of carbonyl (C=O) groups is 1. The molecule has 3 aromatic carbocycles. The van der Waals surface area contributed by atoms with E-state index in [9.17, 15) is 13.2 Å². The fourth-order valence-corrected chi connectivity index (χ4v) is 5.30. The van der Waals surface area contributed by atoms with Gasteiger partial charge in [-0.3, -0.25) is 9.10 Å². The number of benzene rings is 3. The summed E-state index contributed by atoms with van der Waals surface area (Å²) in [4.78, 5) is 12.8. The predicted octanol–water partition coefficient (Wildman–Crippen LogP) is 4.14. The van der Waals surface area contributed by atoms with Gasteiger partial charge in [-0.1, -0.05) is 53.5 Å². The second-order valence-electron chi connectivity index (χ2n) is 7.22. The van der Waals surface area contributed by atoms with Crippen molar-refractivity contribution in [2.45, 2.75) is 11.0 Å². The first-order valence-corrected chi connectivity index (χ1v) is 12.2. The number of nitrogens with zero attached hydrogens (tertiary/aromatic N) is 1. The number of carbonyl (C=O) groups excluding carboxylic acids is 1. The summed E-state index contributed by atoms with van der Waals surface area (Å²) in [7, 11) is -4.08. The maximum Gasteiger partial charge on any atom is 0.264 e. The molecule has 3 aromatic rings. The lowest BCUT2D eigenvalue weighted by Gasteiger charge is -2.28. The molecule has 0 radical (unpaired) electrons. The second-order valence-corrected chi connectivity index (χ2v) is 9.93. The Kier molecular flexibility index (Phi) is 6.97. The largest absolute Gasteiger partial charge is 0.486 e. The molecule has 1 N–H and O–H groups in total. The molecule has 172 valence electrons. The molecule has 33 heavy (non-hydrogen) atoms. The van der Waals surface area contributed by atoms with Crippen LogP contribution in [0.3, 0.4) is 0 Å². The lowest BCUT2D eigenvalue weighted by atomic mass is 10.2. The summed E-state index contributed by atoms with van der Waals surface area (Å²) >= 11 is 12.3. The number of sulfonamides is 1. The van der Waals surface area contributed by atoms with Gasteiger partial charge in [0.25, 0.3) is 10.0 Å². The van der Waals surface area contributed by atoms with Crippen molar-refractivity contribution in [1.29, 1.82) is 0 Å². The molecule has 10 heteroatoms. The Morgan fingerprint density at radius 2 is 1.70 bits per heavy atom. The van der Waals surface area contributed by atoms with Gasteiger partial charge in [0.05, 0.1) is 22.2 Å². The summed E-state index contributed by atoms with van der Waals surface area (Å²) in [6.07, 6.45) is -0.415. The highest BCUT2D eigenvalue weighted by atomic mass is 35.5. The van der Waals surface area contributed by atoms with E-state index in [2.05, 4.69) is 5.32 Å². The van der Waals surface area contributed by atoms with E-state index < -0.39 is 28.6 Å². The van der Waals surface area contributed by atoms with Crippen LogP contribution in [0.1, 0.15) is 0 Å². The van der Waals surface area contributed by atoms with Gasteiger partial charge < -0.3 is 14.8 Å². The first-order chi connectivity index (χ1) is 15.8. The van der Waals surface area contributed by atoms with Crippen LogP contribution < -0.4 is 19.1 Å². The van der Waals surface area contributed by atoms with Crippen molar-refractivity contribution in [3.63, 3.8) is 0 Å². The van der Waals surface area contributed by atoms with Gasteiger partial charge >= 0.3 is 0 Å². The fourth-order valence-electron chi connectivity index (χ4n) is 3.28. The number of rotatable bonds is 7. The number of amides is 1. The highest BCUT2D eigenvalue weighted by Gasteiger charge is 2.29. The minimum Gasteiger partial charge on any atom is -0.486 e. The third-order valence-corrected chi connectivity index (χ3v) is 7.20. The summed E-state index contributed by atoms with van der Waals surface area (Å²) in [6, 6.07) is 19.5. The van der Waals surface area contributed by atoms with Gasteiger partial charge in [-0.15, -0.1) is 0 Å². The van der Waals surface area contributed by atoms with Gasteiger partial charge in [0.2, 0.25) is 5.91 Å². The Morgan fingerprint density at radius 1 is 1.00 bits per heavy atom. The van der Waals surface area contributed by atoms with Crippen LogP contribution in [-0.4, -0.2) is 40.1 Å². The van der Waals surface area contributed by atoms with Crippen LogP contribution in [0.15, 0.2) is 77.7 Å². The van der Waals surface area contributed by atoms with Crippen molar-refractivity contribution in [1.82, 2.24) is 5.32 Å². The van der Waals surface area contributed by atoms with E-state index >= 15 is 0 Å². The Labute approximate surface area is 201 Å². The molecule has 0 fully saturated rings. The summed E-state index contributed by atoms with van der Waals surface area (Å²) in [6.45, 7) is -0.0875. The maximum absolute atomic E-state index is 13.4. The topological polar surface area (TPSA) is 84.9 Å². The highest BCUT2D eigenvalue weighted by Crippen LogP contribution is 2.33. The van der Waals surface area contributed by atoms with Crippen LogP contribution >= 0.6 is 23.2 Å². The zero-order valence-corrected chi connectivity index (χ0v) is 19.6. The molecule has 0 unspecified atom stereocenters. The molecule has 7 nitrogen and oxygen atoms in total. The Morgan fingerprint density at radius 3 is 2.42 bits per heavy atom. The number of fused-ring (bicyclic) bond motifs is 1.